The van der Waals surface area contributed by atoms with Crippen molar-refractivity contribution < 1.29 is 9.53 Å². The van der Waals surface area contributed by atoms with Crippen LogP contribution in [0.5, 0.6) is 0 Å². The summed E-state index contributed by atoms with van der Waals surface area (Å²) in [6.07, 6.45) is 6.39. The molecule has 0 saturated carbocycles. The molecule has 0 saturated heterocycles. The van der Waals surface area contributed by atoms with Gasteiger partial charge in [0.25, 0.3) is 0 Å². The fraction of sp³-hybridized carbons (Fsp3) is 0.312. The van der Waals surface area contributed by atoms with E-state index in [1.165, 1.54) is 0 Å². The van der Waals surface area contributed by atoms with Crippen molar-refractivity contribution in [3.8, 4) is 11.8 Å². The highest BCUT2D eigenvalue weighted by atomic mass is 16.5. The Kier molecular flexibility index (Phi) is 7.08. The molecule has 0 aromatic heterocycles. The van der Waals surface area contributed by atoms with Crippen LogP contribution in [0.3, 0.4) is 0 Å². The Hall–Kier alpha value is -2.01. The second-order valence-corrected chi connectivity index (χ2v) is 3.74. The summed E-state index contributed by atoms with van der Waals surface area (Å²) >= 11 is 0. The van der Waals surface area contributed by atoms with E-state index in [0.29, 0.717) is 12.2 Å². The Morgan fingerprint density at radius 1 is 1.33 bits per heavy atom. The van der Waals surface area contributed by atoms with Gasteiger partial charge < -0.3 is 4.74 Å². The van der Waals surface area contributed by atoms with E-state index in [0.717, 1.165) is 19.3 Å². The van der Waals surface area contributed by atoms with Crippen LogP contribution in [0.15, 0.2) is 42.5 Å². The van der Waals surface area contributed by atoms with Gasteiger partial charge in [0.2, 0.25) is 0 Å². The van der Waals surface area contributed by atoms with E-state index in [-0.39, 0.29) is 5.97 Å². The standard InChI is InChI=1S/C16H18O2/c1-2-3-4-5-6-7-11-14-18-16(17)15-12-9-8-10-13-15/h3-4,8-10,12-13H,2,7,11,14H2,1H3/b4-3+. The Balaban J connectivity index is 2.16. The molecule has 0 aliphatic carbocycles. The van der Waals surface area contributed by atoms with Crippen molar-refractivity contribution in [3.05, 3.63) is 48.0 Å². The van der Waals surface area contributed by atoms with E-state index < -0.39 is 0 Å². The first-order chi connectivity index (χ1) is 8.84. The van der Waals surface area contributed by atoms with Gasteiger partial charge in [-0.15, -0.1) is 0 Å². The van der Waals surface area contributed by atoms with Crippen LogP contribution in [0.25, 0.3) is 0 Å². The van der Waals surface area contributed by atoms with E-state index in [1.54, 1.807) is 12.1 Å². The monoisotopic (exact) mass is 242 g/mol. The molecule has 0 aliphatic heterocycles. The molecule has 18 heavy (non-hydrogen) atoms. The predicted molar refractivity (Wildman–Crippen MR) is 73.2 cm³/mol. The van der Waals surface area contributed by atoms with E-state index in [9.17, 15) is 4.79 Å². The number of ether oxygens (including phenoxy) is 1. The first-order valence-electron chi connectivity index (χ1n) is 6.20. The van der Waals surface area contributed by atoms with Crippen molar-refractivity contribution in [2.75, 3.05) is 6.61 Å². The van der Waals surface area contributed by atoms with Gasteiger partial charge in [-0.05, 0) is 31.1 Å². The fourth-order valence-electron chi connectivity index (χ4n) is 1.29. The molecule has 2 heteroatoms. The molecule has 1 aromatic carbocycles. The Bertz CT molecular complexity index is 435. The van der Waals surface area contributed by atoms with Gasteiger partial charge in [-0.2, -0.15) is 0 Å². The molecule has 0 unspecified atom stereocenters. The Morgan fingerprint density at radius 2 is 2.11 bits per heavy atom. The SMILES string of the molecule is CC/C=C/C#CCCCOC(=O)c1ccccc1. The number of esters is 1. The molecule has 1 aromatic rings. The smallest absolute Gasteiger partial charge is 0.338 e. The van der Waals surface area contributed by atoms with Crippen molar-refractivity contribution in [2.24, 2.45) is 0 Å². The summed E-state index contributed by atoms with van der Waals surface area (Å²) in [5, 5.41) is 0. The molecule has 0 heterocycles. The molecule has 94 valence electrons. The highest BCUT2D eigenvalue weighted by Crippen LogP contribution is 2.01. The highest BCUT2D eigenvalue weighted by Gasteiger charge is 2.04. The summed E-state index contributed by atoms with van der Waals surface area (Å²) in [5.41, 5.74) is 0.592. The average Bonchev–Trinajstić information content (AvgIpc) is 2.42. The van der Waals surface area contributed by atoms with Gasteiger partial charge in [0.15, 0.2) is 0 Å². The van der Waals surface area contributed by atoms with Crippen LogP contribution in [0.2, 0.25) is 0 Å². The van der Waals surface area contributed by atoms with Crippen molar-refractivity contribution >= 4 is 5.97 Å². The second kappa shape index (κ2) is 9.07. The number of rotatable bonds is 5. The summed E-state index contributed by atoms with van der Waals surface area (Å²) in [6.45, 7) is 2.49. The summed E-state index contributed by atoms with van der Waals surface area (Å²) in [7, 11) is 0. The number of allylic oxidation sites excluding steroid dienone is 2. The van der Waals surface area contributed by atoms with E-state index in [2.05, 4.69) is 18.8 Å². The lowest BCUT2D eigenvalue weighted by atomic mass is 10.2. The van der Waals surface area contributed by atoms with Gasteiger partial charge in [0.1, 0.15) is 0 Å². The van der Waals surface area contributed by atoms with E-state index >= 15 is 0 Å². The van der Waals surface area contributed by atoms with Gasteiger partial charge in [-0.1, -0.05) is 43.0 Å². The van der Waals surface area contributed by atoms with Crippen LogP contribution in [0.1, 0.15) is 36.5 Å². The molecule has 1 rings (SSSR count). The number of unbranched alkanes of at least 4 members (excludes halogenated alkanes) is 1. The first-order valence-corrected chi connectivity index (χ1v) is 6.20. The van der Waals surface area contributed by atoms with Crippen LogP contribution in [0, 0.1) is 11.8 Å². The Labute approximate surface area is 109 Å². The zero-order chi connectivity index (χ0) is 13.1. The van der Waals surface area contributed by atoms with Crippen LogP contribution in [0.4, 0.5) is 0 Å². The lowest BCUT2D eigenvalue weighted by Gasteiger charge is -2.02. The lowest BCUT2D eigenvalue weighted by molar-refractivity contribution is 0.0502. The maximum Gasteiger partial charge on any atom is 0.338 e. The van der Waals surface area contributed by atoms with Gasteiger partial charge in [0, 0.05) is 6.42 Å². The summed E-state index contributed by atoms with van der Waals surface area (Å²) in [6, 6.07) is 9.01. The number of hydrogen-bond acceptors (Lipinski definition) is 2. The molecule has 0 amide bonds. The first kappa shape index (κ1) is 14.1. The quantitative estimate of drug-likeness (QED) is 0.448. The molecule has 0 aliphatic rings. The number of benzene rings is 1. The maximum atomic E-state index is 11.5. The number of hydrogen-bond donors (Lipinski definition) is 0. The number of carbonyl (C=O) groups is 1. The molecule has 2 nitrogen and oxygen atoms in total. The van der Waals surface area contributed by atoms with Crippen LogP contribution in [-0.4, -0.2) is 12.6 Å². The van der Waals surface area contributed by atoms with Crippen molar-refractivity contribution in [1.82, 2.24) is 0 Å². The summed E-state index contributed by atoms with van der Waals surface area (Å²) in [5.74, 6) is 5.67. The molecular weight excluding hydrogens is 224 g/mol. The average molecular weight is 242 g/mol. The molecule has 0 atom stereocenters. The van der Waals surface area contributed by atoms with Gasteiger partial charge in [-0.3, -0.25) is 0 Å². The predicted octanol–water partition coefficient (Wildman–Crippen LogP) is 3.59. The molecule has 0 spiro atoms. The van der Waals surface area contributed by atoms with Crippen LogP contribution < -0.4 is 0 Å². The fourth-order valence-corrected chi connectivity index (χ4v) is 1.29. The highest BCUT2D eigenvalue weighted by molar-refractivity contribution is 5.89. The van der Waals surface area contributed by atoms with Crippen molar-refractivity contribution in [3.63, 3.8) is 0 Å². The zero-order valence-corrected chi connectivity index (χ0v) is 10.7. The minimum absolute atomic E-state index is 0.269. The third kappa shape index (κ3) is 5.91. The minimum Gasteiger partial charge on any atom is -0.462 e. The van der Waals surface area contributed by atoms with E-state index in [1.807, 2.05) is 30.4 Å². The van der Waals surface area contributed by atoms with Gasteiger partial charge in [0.05, 0.1) is 12.2 Å². The maximum absolute atomic E-state index is 11.5. The minimum atomic E-state index is -0.269. The summed E-state index contributed by atoms with van der Waals surface area (Å²) < 4.78 is 5.13. The molecular formula is C16H18O2. The second-order valence-electron chi connectivity index (χ2n) is 3.74. The van der Waals surface area contributed by atoms with Crippen LogP contribution in [-0.2, 0) is 4.74 Å². The topological polar surface area (TPSA) is 26.3 Å². The molecule has 0 fully saturated rings. The van der Waals surface area contributed by atoms with Gasteiger partial charge in [-0.25, -0.2) is 4.79 Å². The van der Waals surface area contributed by atoms with Crippen LogP contribution >= 0.6 is 0 Å². The number of carbonyl (C=O) groups excluding carboxylic acids is 1. The van der Waals surface area contributed by atoms with Crippen molar-refractivity contribution in [1.29, 1.82) is 0 Å². The third-order valence-corrected chi connectivity index (χ3v) is 2.23. The lowest BCUT2D eigenvalue weighted by Crippen LogP contribution is -2.05. The molecule has 0 N–H and O–H groups in total. The third-order valence-electron chi connectivity index (χ3n) is 2.23. The zero-order valence-electron chi connectivity index (χ0n) is 10.7. The Morgan fingerprint density at radius 3 is 2.83 bits per heavy atom. The summed E-state index contributed by atoms with van der Waals surface area (Å²) in [4.78, 5) is 11.5. The van der Waals surface area contributed by atoms with Gasteiger partial charge >= 0.3 is 5.97 Å². The molecule has 0 bridgehead atoms. The van der Waals surface area contributed by atoms with Crippen molar-refractivity contribution in [2.45, 2.75) is 26.2 Å². The van der Waals surface area contributed by atoms with E-state index in [4.69, 9.17) is 4.74 Å². The normalized spacial score (nSPS) is 9.83. The largest absolute Gasteiger partial charge is 0.462 e. The molecule has 0 radical (unpaired) electrons.